The Kier molecular flexibility index (Phi) is 7.62. The molecule has 136 valence electrons. The van der Waals surface area contributed by atoms with E-state index in [2.05, 4.69) is 24.1 Å². The highest BCUT2D eigenvalue weighted by Gasteiger charge is 2.23. The lowest BCUT2D eigenvalue weighted by atomic mass is 10.0. The molecule has 0 aliphatic carbocycles. The van der Waals surface area contributed by atoms with Crippen molar-refractivity contribution in [1.29, 1.82) is 0 Å². The maximum atomic E-state index is 6.27. The summed E-state index contributed by atoms with van der Waals surface area (Å²) in [5.41, 5.74) is 1.09. The maximum Gasteiger partial charge on any atom is 0.179 e. The van der Waals surface area contributed by atoms with Gasteiger partial charge in [0.2, 0.25) is 0 Å². The summed E-state index contributed by atoms with van der Waals surface area (Å²) in [7, 11) is 3.22. The third kappa shape index (κ3) is 4.99. The van der Waals surface area contributed by atoms with E-state index in [1.54, 1.807) is 14.2 Å². The van der Waals surface area contributed by atoms with Crippen LogP contribution in [0.1, 0.15) is 19.4 Å². The van der Waals surface area contributed by atoms with Crippen LogP contribution in [0.25, 0.3) is 0 Å². The topological polar surface area (TPSA) is 43.0 Å². The van der Waals surface area contributed by atoms with E-state index in [0.29, 0.717) is 28.5 Å². The first-order chi connectivity index (χ1) is 11.6. The van der Waals surface area contributed by atoms with Gasteiger partial charge < -0.3 is 19.5 Å². The van der Waals surface area contributed by atoms with Crippen LogP contribution in [0.15, 0.2) is 12.1 Å². The first-order valence-electron chi connectivity index (χ1n) is 8.49. The summed E-state index contributed by atoms with van der Waals surface area (Å²) >= 11 is 6.27. The molecule has 1 fully saturated rings. The number of methoxy groups -OCH3 is 2. The van der Waals surface area contributed by atoms with Gasteiger partial charge in [0.1, 0.15) is 0 Å². The Morgan fingerprint density at radius 3 is 2.50 bits per heavy atom. The van der Waals surface area contributed by atoms with Crippen LogP contribution in [-0.4, -0.2) is 58.0 Å². The first kappa shape index (κ1) is 19.3. The zero-order valence-corrected chi connectivity index (χ0v) is 15.9. The van der Waals surface area contributed by atoms with Crippen molar-refractivity contribution < 1.29 is 14.2 Å². The second-order valence-electron chi connectivity index (χ2n) is 6.40. The molecule has 1 unspecified atom stereocenters. The average Bonchev–Trinajstić information content (AvgIpc) is 2.58. The van der Waals surface area contributed by atoms with Crippen LogP contribution in [0.5, 0.6) is 11.5 Å². The minimum Gasteiger partial charge on any atom is -0.493 e. The number of hydrogen-bond acceptors (Lipinski definition) is 5. The Morgan fingerprint density at radius 1 is 1.21 bits per heavy atom. The van der Waals surface area contributed by atoms with Crippen LogP contribution < -0.4 is 14.8 Å². The smallest absolute Gasteiger partial charge is 0.179 e. The molecule has 1 aliphatic heterocycles. The molecule has 1 aliphatic rings. The Balaban J connectivity index is 1.95. The van der Waals surface area contributed by atoms with E-state index in [1.165, 1.54) is 0 Å². The van der Waals surface area contributed by atoms with Crippen molar-refractivity contribution >= 4 is 11.6 Å². The monoisotopic (exact) mass is 356 g/mol. The zero-order chi connectivity index (χ0) is 17.5. The summed E-state index contributed by atoms with van der Waals surface area (Å²) in [5, 5.41) is 4.13. The second-order valence-corrected chi connectivity index (χ2v) is 6.81. The lowest BCUT2D eigenvalue weighted by Crippen LogP contribution is -2.50. The predicted octanol–water partition coefficient (Wildman–Crippen LogP) is 2.80. The molecule has 5 nitrogen and oxygen atoms in total. The predicted molar refractivity (Wildman–Crippen MR) is 97.3 cm³/mol. The van der Waals surface area contributed by atoms with E-state index >= 15 is 0 Å². The molecular formula is C18H29ClN2O3. The van der Waals surface area contributed by atoms with Gasteiger partial charge in [-0.1, -0.05) is 25.4 Å². The fourth-order valence-corrected chi connectivity index (χ4v) is 3.44. The van der Waals surface area contributed by atoms with E-state index in [4.69, 9.17) is 25.8 Å². The lowest BCUT2D eigenvalue weighted by molar-refractivity contribution is 0.00648. The number of nitrogens with zero attached hydrogens (tertiary/aromatic N) is 1. The largest absolute Gasteiger partial charge is 0.493 e. The molecule has 1 saturated heterocycles. The van der Waals surface area contributed by atoms with Crippen molar-refractivity contribution in [1.82, 2.24) is 10.2 Å². The van der Waals surface area contributed by atoms with Gasteiger partial charge in [0.25, 0.3) is 0 Å². The van der Waals surface area contributed by atoms with Crippen molar-refractivity contribution in [2.45, 2.75) is 26.4 Å². The molecule has 6 heteroatoms. The van der Waals surface area contributed by atoms with Crippen molar-refractivity contribution in [3.63, 3.8) is 0 Å². The second kappa shape index (κ2) is 9.47. The highest BCUT2D eigenvalue weighted by atomic mass is 35.5. The van der Waals surface area contributed by atoms with Crippen molar-refractivity contribution in [3.05, 3.63) is 22.7 Å². The number of ether oxygens (including phenoxy) is 3. The quantitative estimate of drug-likeness (QED) is 0.775. The number of rotatable bonds is 8. The van der Waals surface area contributed by atoms with E-state index in [-0.39, 0.29) is 0 Å². The Hall–Kier alpha value is -1.01. The van der Waals surface area contributed by atoms with Gasteiger partial charge in [-0.05, 0) is 23.6 Å². The number of morpholine rings is 1. The number of benzene rings is 1. The van der Waals surface area contributed by atoms with E-state index in [1.807, 2.05) is 12.1 Å². The minimum absolute atomic E-state index is 0.504. The third-order valence-electron chi connectivity index (χ3n) is 4.46. The summed E-state index contributed by atoms with van der Waals surface area (Å²) in [5.74, 6) is 1.83. The first-order valence-corrected chi connectivity index (χ1v) is 8.87. The summed E-state index contributed by atoms with van der Waals surface area (Å²) in [6.07, 6.45) is 0. The van der Waals surface area contributed by atoms with Crippen LogP contribution in [0.3, 0.4) is 0 Å². The summed E-state index contributed by atoms with van der Waals surface area (Å²) in [6.45, 7) is 9.89. The molecular weight excluding hydrogens is 328 g/mol. The van der Waals surface area contributed by atoms with Crippen molar-refractivity contribution in [2.24, 2.45) is 5.92 Å². The molecule has 0 radical (unpaired) electrons. The van der Waals surface area contributed by atoms with Crippen LogP contribution >= 0.6 is 11.6 Å². The Morgan fingerprint density at radius 2 is 1.92 bits per heavy atom. The van der Waals surface area contributed by atoms with E-state index < -0.39 is 0 Å². The maximum absolute atomic E-state index is 6.27. The SMILES string of the molecule is COc1cc(CNCC(C(C)C)N2CCOCC2)cc(Cl)c1OC. The van der Waals surface area contributed by atoms with Crippen molar-refractivity contribution in [2.75, 3.05) is 47.1 Å². The molecule has 24 heavy (non-hydrogen) atoms. The van der Waals surface area contributed by atoms with Gasteiger partial charge in [0, 0.05) is 32.2 Å². The highest BCUT2D eigenvalue weighted by molar-refractivity contribution is 6.32. The number of halogens is 1. The number of nitrogens with one attached hydrogen (secondary N) is 1. The van der Waals surface area contributed by atoms with Gasteiger partial charge >= 0.3 is 0 Å². The normalized spacial score (nSPS) is 17.1. The van der Waals surface area contributed by atoms with Gasteiger partial charge in [-0.15, -0.1) is 0 Å². The highest BCUT2D eigenvalue weighted by Crippen LogP contribution is 2.35. The van der Waals surface area contributed by atoms with Gasteiger partial charge in [0.05, 0.1) is 32.5 Å². The van der Waals surface area contributed by atoms with E-state index in [9.17, 15) is 0 Å². The summed E-state index contributed by atoms with van der Waals surface area (Å²) in [6, 6.07) is 4.40. The van der Waals surface area contributed by atoms with Gasteiger partial charge in [0.15, 0.2) is 11.5 Å². The van der Waals surface area contributed by atoms with E-state index in [0.717, 1.165) is 45.0 Å². The molecule has 0 aromatic heterocycles. The fraction of sp³-hybridized carbons (Fsp3) is 0.667. The summed E-state index contributed by atoms with van der Waals surface area (Å²) in [4.78, 5) is 2.52. The molecule has 1 aromatic rings. The summed E-state index contributed by atoms with van der Waals surface area (Å²) < 4.78 is 16.1. The molecule has 1 N–H and O–H groups in total. The zero-order valence-electron chi connectivity index (χ0n) is 15.1. The fourth-order valence-electron chi connectivity index (χ4n) is 3.13. The van der Waals surface area contributed by atoms with Crippen LogP contribution in [0.4, 0.5) is 0 Å². The van der Waals surface area contributed by atoms with Crippen LogP contribution in [0.2, 0.25) is 5.02 Å². The molecule has 1 atom stereocenters. The Labute approximate surface area is 150 Å². The number of hydrogen-bond donors (Lipinski definition) is 1. The molecule has 0 bridgehead atoms. The molecule has 1 heterocycles. The van der Waals surface area contributed by atoms with Crippen molar-refractivity contribution in [3.8, 4) is 11.5 Å². The third-order valence-corrected chi connectivity index (χ3v) is 4.74. The Bertz CT molecular complexity index is 519. The average molecular weight is 357 g/mol. The molecule has 2 rings (SSSR count). The van der Waals surface area contributed by atoms with Gasteiger partial charge in [-0.3, -0.25) is 4.90 Å². The van der Waals surface area contributed by atoms with Crippen LogP contribution in [0, 0.1) is 5.92 Å². The molecule has 0 spiro atoms. The van der Waals surface area contributed by atoms with Crippen LogP contribution in [-0.2, 0) is 11.3 Å². The minimum atomic E-state index is 0.504. The molecule has 0 saturated carbocycles. The molecule has 0 amide bonds. The molecule has 1 aromatic carbocycles. The van der Waals surface area contributed by atoms with Gasteiger partial charge in [-0.25, -0.2) is 0 Å². The van der Waals surface area contributed by atoms with Gasteiger partial charge in [-0.2, -0.15) is 0 Å². The standard InChI is InChI=1S/C18H29ClN2O3/c1-13(2)16(21-5-7-24-8-6-21)12-20-11-14-9-15(19)18(23-4)17(10-14)22-3/h9-10,13,16,20H,5-8,11-12H2,1-4H3. The lowest BCUT2D eigenvalue weighted by Gasteiger charge is -2.37.